The van der Waals surface area contributed by atoms with Crippen LogP contribution in [0.15, 0.2) is 18.2 Å². The maximum absolute atomic E-state index is 12.5. The maximum Gasteiger partial charge on any atom is 0.306 e. The first-order valence-corrected chi connectivity index (χ1v) is 9.59. The van der Waals surface area contributed by atoms with E-state index in [0.29, 0.717) is 44.5 Å². The van der Waals surface area contributed by atoms with Gasteiger partial charge >= 0.3 is 5.97 Å². The molecule has 4 rings (SSSR count). The molecular formula is C20H25ClN4O4. The fraction of sp³-hybridized carbons (Fsp3) is 0.500. The Morgan fingerprint density at radius 3 is 2.59 bits per heavy atom. The van der Waals surface area contributed by atoms with E-state index in [2.05, 4.69) is 15.3 Å². The molecule has 2 aliphatic rings. The van der Waals surface area contributed by atoms with Crippen LogP contribution < -0.4 is 10.2 Å². The molecule has 1 aromatic heterocycles. The number of halogens is 1. The van der Waals surface area contributed by atoms with E-state index in [4.69, 9.17) is 0 Å². The number of hydrogen-bond acceptors (Lipinski definition) is 5. The van der Waals surface area contributed by atoms with Crippen molar-refractivity contribution in [3.63, 3.8) is 0 Å². The second-order valence-electron chi connectivity index (χ2n) is 7.98. The Hall–Kier alpha value is -2.61. The molecule has 2 aliphatic heterocycles. The first-order valence-electron chi connectivity index (χ1n) is 9.59. The molecule has 9 heteroatoms. The number of nitrogens with one attached hydrogen (secondary N) is 1. The van der Waals surface area contributed by atoms with Gasteiger partial charge in [-0.1, -0.05) is 0 Å². The summed E-state index contributed by atoms with van der Waals surface area (Å²) < 4.78 is 1.77. The molecule has 0 spiro atoms. The molecule has 1 atom stereocenters. The second kappa shape index (κ2) is 7.67. The first-order chi connectivity index (χ1) is 13.3. The van der Waals surface area contributed by atoms with Crippen molar-refractivity contribution in [1.29, 1.82) is 0 Å². The van der Waals surface area contributed by atoms with Crippen molar-refractivity contribution >= 4 is 46.8 Å². The third-order valence-electron chi connectivity index (χ3n) is 6.17. The average Bonchev–Trinajstić information content (AvgIpc) is 3.02. The van der Waals surface area contributed by atoms with Gasteiger partial charge in [0.1, 0.15) is 0 Å². The van der Waals surface area contributed by atoms with Gasteiger partial charge in [0.05, 0.1) is 22.5 Å². The minimum atomic E-state index is -0.839. The van der Waals surface area contributed by atoms with Crippen LogP contribution in [-0.2, 0) is 26.8 Å². The largest absolute Gasteiger partial charge is 0.481 e. The van der Waals surface area contributed by atoms with Gasteiger partial charge in [0.15, 0.2) is 0 Å². The number of aliphatic carboxylic acids is 1. The molecule has 2 N–H and O–H groups in total. The lowest BCUT2D eigenvalue weighted by molar-refractivity contribution is -0.142. The summed E-state index contributed by atoms with van der Waals surface area (Å²) in [6.07, 6.45) is 2.01. The van der Waals surface area contributed by atoms with Gasteiger partial charge in [-0.25, -0.2) is 0 Å². The zero-order valence-electron chi connectivity index (χ0n) is 16.5. The number of nitrogens with zero attached hydrogens (tertiary/aromatic N) is 3. The van der Waals surface area contributed by atoms with Crippen LogP contribution in [0.3, 0.4) is 0 Å². The third kappa shape index (κ3) is 3.57. The Labute approximate surface area is 174 Å². The number of imide groups is 1. The number of carbonyl (C=O) groups is 3. The van der Waals surface area contributed by atoms with Gasteiger partial charge < -0.3 is 10.0 Å². The molecule has 0 unspecified atom stereocenters. The molecule has 2 saturated heterocycles. The summed E-state index contributed by atoms with van der Waals surface area (Å²) in [6.45, 7) is 3.24. The molecule has 0 radical (unpaired) electrons. The lowest BCUT2D eigenvalue weighted by Crippen LogP contribution is -2.50. The summed E-state index contributed by atoms with van der Waals surface area (Å²) in [5, 5.41) is 17.1. The number of anilines is 1. The summed E-state index contributed by atoms with van der Waals surface area (Å²) in [5.41, 5.74) is 1.79. The topological polar surface area (TPSA) is 105 Å². The van der Waals surface area contributed by atoms with Crippen molar-refractivity contribution < 1.29 is 19.5 Å². The van der Waals surface area contributed by atoms with E-state index >= 15 is 0 Å². The number of hydrogen-bond donors (Lipinski definition) is 2. The number of carboxylic acids is 1. The molecule has 8 nitrogen and oxygen atoms in total. The van der Waals surface area contributed by atoms with Crippen LogP contribution in [0.4, 0.5) is 5.69 Å². The van der Waals surface area contributed by atoms with Gasteiger partial charge in [0.25, 0.3) is 0 Å². The van der Waals surface area contributed by atoms with Crippen molar-refractivity contribution in [3.05, 3.63) is 23.9 Å². The third-order valence-corrected chi connectivity index (χ3v) is 6.17. The predicted molar refractivity (Wildman–Crippen MR) is 110 cm³/mol. The van der Waals surface area contributed by atoms with Gasteiger partial charge in [-0.2, -0.15) is 5.10 Å². The van der Waals surface area contributed by atoms with E-state index < -0.39 is 11.4 Å². The number of rotatable bonds is 3. The molecule has 156 valence electrons. The number of aryl methyl sites for hydroxylation is 1. The van der Waals surface area contributed by atoms with E-state index in [9.17, 15) is 19.5 Å². The SMILES string of the molecule is Cl.Cn1nc([C@@]2(C)CCC(=O)NC2=O)c2ccc(N3CCC(C(=O)O)CC3)cc21. The molecule has 2 fully saturated rings. The molecule has 0 aliphatic carbocycles. The van der Waals surface area contributed by atoms with Crippen LogP contribution in [-0.4, -0.2) is 45.8 Å². The number of fused-ring (bicyclic) bond motifs is 1. The number of amides is 2. The molecule has 0 bridgehead atoms. The molecular weight excluding hydrogens is 396 g/mol. The number of piperidine rings is 2. The Morgan fingerprint density at radius 2 is 1.97 bits per heavy atom. The van der Waals surface area contributed by atoms with Crippen molar-refractivity contribution in [2.45, 2.75) is 38.0 Å². The second-order valence-corrected chi connectivity index (χ2v) is 7.98. The summed E-state index contributed by atoms with van der Waals surface area (Å²) >= 11 is 0. The van der Waals surface area contributed by atoms with Gasteiger partial charge in [0.2, 0.25) is 11.8 Å². The monoisotopic (exact) mass is 420 g/mol. The molecule has 2 aromatic rings. The maximum atomic E-state index is 12.5. The standard InChI is InChI=1S/C20H24N4O4.ClH/c1-20(8-5-16(25)21-19(20)28)17-14-4-3-13(11-15(14)23(2)22-17)24-9-6-12(7-10-24)18(26)27;/h3-4,11-12H,5-10H2,1-2H3,(H,26,27)(H,21,25,28);1H/t20-;/m1./s1. The smallest absolute Gasteiger partial charge is 0.306 e. The van der Waals surface area contributed by atoms with Gasteiger partial charge in [-0.3, -0.25) is 24.4 Å². The normalized spacial score (nSPS) is 23.0. The van der Waals surface area contributed by atoms with Crippen molar-refractivity contribution in [3.8, 4) is 0 Å². The van der Waals surface area contributed by atoms with Gasteiger partial charge in [-0.05, 0) is 44.4 Å². The van der Waals surface area contributed by atoms with Crippen LogP contribution in [0.5, 0.6) is 0 Å². The highest BCUT2D eigenvalue weighted by Crippen LogP contribution is 2.37. The summed E-state index contributed by atoms with van der Waals surface area (Å²) in [6, 6.07) is 6.03. The van der Waals surface area contributed by atoms with Crippen molar-refractivity contribution in [2.24, 2.45) is 13.0 Å². The number of aromatic nitrogens is 2. The van der Waals surface area contributed by atoms with Crippen LogP contribution in [0.25, 0.3) is 10.9 Å². The summed E-state index contributed by atoms with van der Waals surface area (Å²) in [4.78, 5) is 37.4. The van der Waals surface area contributed by atoms with Gasteiger partial charge in [0, 0.05) is 37.6 Å². The fourth-order valence-corrected chi connectivity index (χ4v) is 4.26. The van der Waals surface area contributed by atoms with E-state index in [1.165, 1.54) is 0 Å². The van der Waals surface area contributed by atoms with Crippen LogP contribution in [0.1, 0.15) is 38.3 Å². The molecule has 1 aromatic carbocycles. The number of benzene rings is 1. The van der Waals surface area contributed by atoms with Crippen molar-refractivity contribution in [1.82, 2.24) is 15.1 Å². The quantitative estimate of drug-likeness (QED) is 0.736. The first kappa shape index (κ1) is 21.1. The van der Waals surface area contributed by atoms with Crippen LogP contribution in [0.2, 0.25) is 0 Å². The Balaban J connectivity index is 0.00000240. The minimum absolute atomic E-state index is 0. The highest BCUT2D eigenvalue weighted by molar-refractivity contribution is 6.05. The van der Waals surface area contributed by atoms with E-state index in [0.717, 1.165) is 16.6 Å². The minimum Gasteiger partial charge on any atom is -0.481 e. The predicted octanol–water partition coefficient (Wildman–Crippen LogP) is 1.99. The molecule has 29 heavy (non-hydrogen) atoms. The zero-order chi connectivity index (χ0) is 20.1. The Morgan fingerprint density at radius 1 is 1.28 bits per heavy atom. The molecule has 2 amide bonds. The molecule has 3 heterocycles. The van der Waals surface area contributed by atoms with Crippen LogP contribution >= 0.6 is 12.4 Å². The fourth-order valence-electron chi connectivity index (χ4n) is 4.26. The lowest BCUT2D eigenvalue weighted by atomic mass is 9.77. The number of carboxylic acid groups (broad SMARTS) is 1. The lowest BCUT2D eigenvalue weighted by Gasteiger charge is -2.32. The average molecular weight is 421 g/mol. The zero-order valence-corrected chi connectivity index (χ0v) is 17.3. The van der Waals surface area contributed by atoms with E-state index in [-0.39, 0.29) is 30.1 Å². The highest BCUT2D eigenvalue weighted by Gasteiger charge is 2.43. The molecule has 0 saturated carbocycles. The van der Waals surface area contributed by atoms with E-state index in [1.54, 1.807) is 4.68 Å². The summed E-state index contributed by atoms with van der Waals surface area (Å²) in [5.74, 6) is -1.53. The van der Waals surface area contributed by atoms with Crippen molar-refractivity contribution in [2.75, 3.05) is 18.0 Å². The highest BCUT2D eigenvalue weighted by atomic mass is 35.5. The number of carbonyl (C=O) groups excluding carboxylic acids is 2. The van der Waals surface area contributed by atoms with Gasteiger partial charge in [-0.15, -0.1) is 12.4 Å². The van der Waals surface area contributed by atoms with E-state index in [1.807, 2.05) is 32.2 Å². The Kier molecular flexibility index (Phi) is 5.58. The van der Waals surface area contributed by atoms with Crippen LogP contribution in [0, 0.1) is 5.92 Å². The summed E-state index contributed by atoms with van der Waals surface area (Å²) in [7, 11) is 1.85. The Bertz CT molecular complexity index is 980.